The van der Waals surface area contributed by atoms with Crippen molar-refractivity contribution in [3.05, 3.63) is 84.7 Å². The normalized spacial score (nSPS) is 10.9. The van der Waals surface area contributed by atoms with Crippen LogP contribution in [0.1, 0.15) is 16.2 Å². The van der Waals surface area contributed by atoms with E-state index in [4.69, 9.17) is 9.15 Å². The molecule has 0 saturated heterocycles. The molecule has 0 bridgehead atoms. The third-order valence-corrected chi connectivity index (χ3v) is 4.42. The van der Waals surface area contributed by atoms with Crippen LogP contribution in [0.3, 0.4) is 0 Å². The first-order valence-corrected chi connectivity index (χ1v) is 9.43. The monoisotopic (exact) mass is 412 g/mol. The van der Waals surface area contributed by atoms with Crippen LogP contribution in [0.15, 0.2) is 77.7 Å². The fourth-order valence-corrected chi connectivity index (χ4v) is 3.00. The van der Waals surface area contributed by atoms with Gasteiger partial charge in [0.2, 0.25) is 5.76 Å². The Morgan fingerprint density at radius 1 is 1.10 bits per heavy atom. The van der Waals surface area contributed by atoms with E-state index in [1.807, 2.05) is 25.1 Å². The molecular formula is C22H16N6O3. The molecule has 31 heavy (non-hydrogen) atoms. The van der Waals surface area contributed by atoms with Crippen molar-refractivity contribution in [2.45, 2.75) is 6.92 Å². The maximum atomic E-state index is 12.0. The zero-order valence-corrected chi connectivity index (χ0v) is 16.4. The number of fused-ring (bicyclic) bond motifs is 1. The van der Waals surface area contributed by atoms with Gasteiger partial charge in [-0.15, -0.1) is 5.10 Å². The van der Waals surface area contributed by atoms with Gasteiger partial charge in [-0.3, -0.25) is 4.98 Å². The van der Waals surface area contributed by atoms with Crippen LogP contribution in [-0.4, -0.2) is 30.5 Å². The second kappa shape index (κ2) is 7.71. The van der Waals surface area contributed by atoms with Crippen molar-refractivity contribution in [3.63, 3.8) is 0 Å². The van der Waals surface area contributed by atoms with Crippen LogP contribution in [0.4, 0.5) is 11.5 Å². The van der Waals surface area contributed by atoms with E-state index >= 15 is 0 Å². The Balaban J connectivity index is 1.40. The number of pyridine rings is 1. The summed E-state index contributed by atoms with van der Waals surface area (Å²) in [5.41, 5.74) is 2.38. The van der Waals surface area contributed by atoms with Crippen LogP contribution < -0.4 is 10.1 Å². The predicted molar refractivity (Wildman–Crippen MR) is 112 cm³/mol. The highest BCUT2D eigenvalue weighted by molar-refractivity contribution is 5.88. The number of nitrogens with one attached hydrogen (secondary N) is 1. The number of esters is 1. The average molecular weight is 412 g/mol. The number of hydrogen-bond donors (Lipinski definition) is 1. The minimum absolute atomic E-state index is 0.146. The lowest BCUT2D eigenvalue weighted by molar-refractivity contribution is 0.0701. The fraction of sp³-hybridized carbons (Fsp3) is 0.0455. The van der Waals surface area contributed by atoms with Crippen LogP contribution >= 0.6 is 0 Å². The summed E-state index contributed by atoms with van der Waals surface area (Å²) in [5, 5.41) is 7.87. The molecule has 9 nitrogen and oxygen atoms in total. The van der Waals surface area contributed by atoms with Crippen molar-refractivity contribution in [2.75, 3.05) is 5.32 Å². The van der Waals surface area contributed by atoms with Crippen molar-refractivity contribution < 1.29 is 13.9 Å². The smallest absolute Gasteiger partial charge is 0.379 e. The second-order valence-electron chi connectivity index (χ2n) is 6.69. The summed E-state index contributed by atoms with van der Waals surface area (Å²) in [7, 11) is 0. The molecule has 0 atom stereocenters. The Hall–Kier alpha value is -4.53. The molecule has 5 aromatic rings. The summed E-state index contributed by atoms with van der Waals surface area (Å²) in [6, 6.07) is 15.8. The van der Waals surface area contributed by atoms with Gasteiger partial charge < -0.3 is 14.5 Å². The first kappa shape index (κ1) is 18.5. The number of anilines is 2. The predicted octanol–water partition coefficient (Wildman–Crippen LogP) is 4.05. The van der Waals surface area contributed by atoms with Gasteiger partial charge in [0.1, 0.15) is 11.6 Å². The SMILES string of the molecule is Cc1cc(Nc2ccc(OC(=O)c3ccco3)cc2)n2nc(-c3cccnc3)nc2n1. The maximum Gasteiger partial charge on any atom is 0.379 e. The van der Waals surface area contributed by atoms with Gasteiger partial charge in [0, 0.05) is 35.4 Å². The lowest BCUT2D eigenvalue weighted by Crippen LogP contribution is -2.07. The van der Waals surface area contributed by atoms with E-state index in [0.29, 0.717) is 23.2 Å². The summed E-state index contributed by atoms with van der Waals surface area (Å²) >= 11 is 0. The van der Waals surface area contributed by atoms with Gasteiger partial charge in [-0.25, -0.2) is 9.78 Å². The van der Waals surface area contributed by atoms with Gasteiger partial charge in [0.05, 0.1) is 6.26 Å². The highest BCUT2D eigenvalue weighted by atomic mass is 16.5. The molecule has 0 amide bonds. The molecule has 4 heterocycles. The van der Waals surface area contributed by atoms with Crippen LogP contribution in [0.5, 0.6) is 5.75 Å². The Bertz CT molecular complexity index is 1350. The lowest BCUT2D eigenvalue weighted by atomic mass is 10.3. The molecule has 0 saturated carbocycles. The van der Waals surface area contributed by atoms with Crippen LogP contribution in [0.25, 0.3) is 17.2 Å². The molecule has 0 aliphatic rings. The Morgan fingerprint density at radius 2 is 1.97 bits per heavy atom. The maximum absolute atomic E-state index is 12.0. The molecule has 152 valence electrons. The van der Waals surface area contributed by atoms with Crippen molar-refractivity contribution in [1.29, 1.82) is 0 Å². The van der Waals surface area contributed by atoms with Gasteiger partial charge in [-0.1, -0.05) is 0 Å². The molecule has 0 spiro atoms. The fourth-order valence-electron chi connectivity index (χ4n) is 3.00. The van der Waals surface area contributed by atoms with E-state index in [-0.39, 0.29) is 5.76 Å². The van der Waals surface area contributed by atoms with Crippen molar-refractivity contribution in [2.24, 2.45) is 0 Å². The third-order valence-electron chi connectivity index (χ3n) is 4.42. The van der Waals surface area contributed by atoms with Crippen LogP contribution in [0.2, 0.25) is 0 Å². The third kappa shape index (κ3) is 3.84. The number of hydrogen-bond acceptors (Lipinski definition) is 8. The summed E-state index contributed by atoms with van der Waals surface area (Å²) in [5.74, 6) is 1.71. The quantitative estimate of drug-likeness (QED) is 0.340. The molecule has 0 aliphatic heterocycles. The number of ether oxygens (including phenoxy) is 1. The largest absolute Gasteiger partial charge is 0.457 e. The van der Waals surface area contributed by atoms with Crippen molar-refractivity contribution >= 4 is 23.3 Å². The molecule has 1 N–H and O–H groups in total. The zero-order chi connectivity index (χ0) is 21.2. The van der Waals surface area contributed by atoms with Crippen molar-refractivity contribution in [1.82, 2.24) is 24.6 Å². The highest BCUT2D eigenvalue weighted by Gasteiger charge is 2.13. The Labute approximate surface area is 176 Å². The molecule has 5 rings (SSSR count). The van der Waals surface area contributed by atoms with E-state index in [1.165, 1.54) is 6.26 Å². The number of nitrogens with zero attached hydrogens (tertiary/aromatic N) is 5. The van der Waals surface area contributed by atoms with Crippen LogP contribution in [0, 0.1) is 6.92 Å². The number of furan rings is 1. The summed E-state index contributed by atoms with van der Waals surface area (Å²) in [6.45, 7) is 1.89. The first-order chi connectivity index (χ1) is 15.2. The van der Waals surface area contributed by atoms with Gasteiger partial charge >= 0.3 is 5.97 Å². The van der Waals surface area contributed by atoms with Gasteiger partial charge in [-0.05, 0) is 55.5 Å². The van der Waals surface area contributed by atoms with E-state index in [2.05, 4.69) is 25.4 Å². The average Bonchev–Trinajstić information content (AvgIpc) is 3.46. The minimum atomic E-state index is -0.553. The molecule has 0 aliphatic carbocycles. The Morgan fingerprint density at radius 3 is 2.71 bits per heavy atom. The standard InChI is InChI=1S/C22H16N6O3/c1-14-12-19(28-22(24-14)26-20(27-28)15-4-2-10-23-13-15)25-16-6-8-17(9-7-16)31-21(29)18-5-3-11-30-18/h2-13,25H,1H3. The molecule has 1 aromatic carbocycles. The molecule has 4 aromatic heterocycles. The van der Waals surface area contributed by atoms with Gasteiger partial charge in [0.15, 0.2) is 5.82 Å². The minimum Gasteiger partial charge on any atom is -0.457 e. The first-order valence-electron chi connectivity index (χ1n) is 9.43. The number of benzene rings is 1. The molecule has 0 radical (unpaired) electrons. The van der Waals surface area contributed by atoms with E-state index in [0.717, 1.165) is 16.9 Å². The topological polar surface area (TPSA) is 107 Å². The van der Waals surface area contributed by atoms with Gasteiger partial charge in [-0.2, -0.15) is 9.50 Å². The molecule has 9 heteroatoms. The molecule has 0 fully saturated rings. The number of carbonyl (C=O) groups is 1. The number of carbonyl (C=O) groups excluding carboxylic acids is 1. The lowest BCUT2D eigenvalue weighted by Gasteiger charge is -2.09. The van der Waals surface area contributed by atoms with E-state index < -0.39 is 5.97 Å². The number of aromatic nitrogens is 5. The second-order valence-corrected chi connectivity index (χ2v) is 6.69. The summed E-state index contributed by atoms with van der Waals surface area (Å²) in [4.78, 5) is 25.1. The number of rotatable bonds is 5. The Kier molecular flexibility index (Phi) is 4.60. The molecule has 0 unspecified atom stereocenters. The molecular weight excluding hydrogens is 396 g/mol. The van der Waals surface area contributed by atoms with Gasteiger partial charge in [0.25, 0.3) is 5.78 Å². The van der Waals surface area contributed by atoms with Crippen molar-refractivity contribution in [3.8, 4) is 17.1 Å². The van der Waals surface area contributed by atoms with E-state index in [9.17, 15) is 4.79 Å². The van der Waals surface area contributed by atoms with Crippen LogP contribution in [-0.2, 0) is 0 Å². The summed E-state index contributed by atoms with van der Waals surface area (Å²) < 4.78 is 12.0. The number of aryl methyl sites for hydroxylation is 1. The highest BCUT2D eigenvalue weighted by Crippen LogP contribution is 2.23. The van der Waals surface area contributed by atoms with E-state index in [1.54, 1.807) is 53.3 Å². The summed E-state index contributed by atoms with van der Waals surface area (Å²) in [6.07, 6.45) is 4.83. The zero-order valence-electron chi connectivity index (χ0n) is 16.4.